The minimum atomic E-state index is -4.21. The largest absolute Gasteiger partial charge is 0.441 e. The zero-order valence-electron chi connectivity index (χ0n) is 9.76. The van der Waals surface area contributed by atoms with Crippen molar-refractivity contribution in [3.63, 3.8) is 0 Å². The minimum absolute atomic E-state index is 0.0468. The minimum Gasteiger partial charge on any atom is -0.384 e. The van der Waals surface area contributed by atoms with Crippen molar-refractivity contribution >= 4 is 17.6 Å². The Morgan fingerprint density at radius 1 is 1.37 bits per heavy atom. The van der Waals surface area contributed by atoms with Crippen LogP contribution in [0, 0.1) is 0 Å². The number of aromatic nitrogens is 3. The molecule has 102 valence electrons. The zero-order chi connectivity index (χ0) is 13.9. The summed E-state index contributed by atoms with van der Waals surface area (Å²) in [6, 6.07) is 3.39. The van der Waals surface area contributed by atoms with Gasteiger partial charge in [-0.25, -0.2) is 9.97 Å². The number of alkyl halides is 3. The van der Waals surface area contributed by atoms with Crippen LogP contribution >= 0.6 is 11.8 Å². The fraction of sp³-hybridized carbons (Fsp3) is 0.273. The Balaban J connectivity index is 2.10. The maximum absolute atomic E-state index is 12.1. The quantitative estimate of drug-likeness (QED) is 0.940. The third kappa shape index (κ3) is 3.88. The number of pyridine rings is 1. The van der Waals surface area contributed by atoms with Crippen LogP contribution in [0.3, 0.4) is 0 Å². The first-order valence-corrected chi connectivity index (χ1v) is 6.37. The van der Waals surface area contributed by atoms with E-state index in [0.29, 0.717) is 5.82 Å². The Labute approximate surface area is 111 Å². The first-order chi connectivity index (χ1) is 8.96. The van der Waals surface area contributed by atoms with E-state index in [-0.39, 0.29) is 24.1 Å². The van der Waals surface area contributed by atoms with Crippen LogP contribution in [0.5, 0.6) is 0 Å². The number of nitrogens with zero attached hydrogens (tertiary/aromatic N) is 3. The third-order valence-electron chi connectivity index (χ3n) is 2.39. The van der Waals surface area contributed by atoms with Crippen molar-refractivity contribution in [3.8, 4) is 11.3 Å². The van der Waals surface area contributed by atoms with Gasteiger partial charge in [-0.1, -0.05) is 0 Å². The molecule has 0 aromatic carbocycles. The number of halogens is 3. The van der Waals surface area contributed by atoms with E-state index in [9.17, 15) is 13.2 Å². The Morgan fingerprint density at radius 2 is 2.16 bits per heavy atom. The molecule has 2 aromatic heterocycles. The highest BCUT2D eigenvalue weighted by molar-refractivity contribution is 8.00. The van der Waals surface area contributed by atoms with E-state index in [4.69, 9.17) is 5.73 Å². The van der Waals surface area contributed by atoms with Crippen molar-refractivity contribution in [3.05, 3.63) is 30.9 Å². The van der Waals surface area contributed by atoms with Gasteiger partial charge in [-0.2, -0.15) is 13.2 Å². The summed E-state index contributed by atoms with van der Waals surface area (Å²) < 4.78 is 37.9. The second kappa shape index (κ2) is 5.52. The van der Waals surface area contributed by atoms with Crippen LogP contribution in [0.15, 0.2) is 30.9 Å². The lowest BCUT2D eigenvalue weighted by atomic mass is 10.2. The van der Waals surface area contributed by atoms with E-state index < -0.39 is 5.51 Å². The van der Waals surface area contributed by atoms with Gasteiger partial charge in [0.25, 0.3) is 0 Å². The highest BCUT2D eigenvalue weighted by atomic mass is 32.2. The van der Waals surface area contributed by atoms with Crippen LogP contribution in [-0.2, 0) is 6.54 Å². The molecule has 0 aliphatic carbocycles. The lowest BCUT2D eigenvalue weighted by Gasteiger charge is -2.09. The molecule has 0 unspecified atom stereocenters. The van der Waals surface area contributed by atoms with Crippen molar-refractivity contribution in [1.29, 1.82) is 0 Å². The lowest BCUT2D eigenvalue weighted by molar-refractivity contribution is -0.0328. The van der Waals surface area contributed by atoms with E-state index >= 15 is 0 Å². The third-order valence-corrected chi connectivity index (χ3v) is 3.10. The summed E-state index contributed by atoms with van der Waals surface area (Å²) in [5, 5.41) is 0. The number of hydrogen-bond donors (Lipinski definition) is 1. The molecule has 0 spiro atoms. The summed E-state index contributed by atoms with van der Waals surface area (Å²) in [5.41, 5.74) is 2.87. The SMILES string of the molecule is Nc1cc(-c2cncn2CCSC(F)(F)F)ccn1. The van der Waals surface area contributed by atoms with Gasteiger partial charge in [0.15, 0.2) is 0 Å². The van der Waals surface area contributed by atoms with Gasteiger partial charge in [0.05, 0.1) is 18.2 Å². The molecule has 0 atom stereocenters. The van der Waals surface area contributed by atoms with Gasteiger partial charge in [-0.15, -0.1) is 0 Å². The average molecular weight is 288 g/mol. The molecule has 0 radical (unpaired) electrons. The van der Waals surface area contributed by atoms with Gasteiger partial charge in [0.1, 0.15) is 5.82 Å². The summed E-state index contributed by atoms with van der Waals surface area (Å²) in [7, 11) is 0. The van der Waals surface area contributed by atoms with Crippen LogP contribution in [0.2, 0.25) is 0 Å². The van der Waals surface area contributed by atoms with Gasteiger partial charge in [-0.05, 0) is 23.9 Å². The fourth-order valence-electron chi connectivity index (χ4n) is 1.61. The van der Waals surface area contributed by atoms with Crippen LogP contribution < -0.4 is 5.73 Å². The van der Waals surface area contributed by atoms with E-state index in [0.717, 1.165) is 11.3 Å². The fourth-order valence-corrected chi connectivity index (χ4v) is 2.13. The molecule has 2 heterocycles. The molecule has 0 aliphatic heterocycles. The monoisotopic (exact) mass is 288 g/mol. The molecular weight excluding hydrogens is 277 g/mol. The van der Waals surface area contributed by atoms with E-state index in [1.165, 1.54) is 6.33 Å². The first-order valence-electron chi connectivity index (χ1n) is 5.38. The zero-order valence-corrected chi connectivity index (χ0v) is 10.6. The van der Waals surface area contributed by atoms with Crippen LogP contribution in [0.4, 0.5) is 19.0 Å². The molecule has 0 bridgehead atoms. The molecule has 2 rings (SSSR count). The second-order valence-corrected chi connectivity index (χ2v) is 4.90. The van der Waals surface area contributed by atoms with E-state index in [1.807, 2.05) is 0 Å². The van der Waals surface area contributed by atoms with Gasteiger partial charge >= 0.3 is 5.51 Å². The number of nitrogens with two attached hydrogens (primary N) is 1. The molecule has 4 nitrogen and oxygen atoms in total. The standard InChI is InChI=1S/C11H11F3N4S/c12-11(13,14)19-4-3-18-7-16-6-9(18)8-1-2-17-10(15)5-8/h1-2,5-7H,3-4H2,(H2,15,17). The summed E-state index contributed by atoms with van der Waals surface area (Å²) in [6.45, 7) is 0.224. The lowest BCUT2D eigenvalue weighted by Crippen LogP contribution is -2.07. The predicted octanol–water partition coefficient (Wildman–Crippen LogP) is 2.78. The first kappa shape index (κ1) is 13.7. The molecule has 0 aliphatic rings. The molecular formula is C11H11F3N4S. The molecule has 0 saturated carbocycles. The van der Waals surface area contributed by atoms with Gasteiger partial charge in [0.2, 0.25) is 0 Å². The summed E-state index contributed by atoms with van der Waals surface area (Å²) in [5.74, 6) is 0.294. The van der Waals surface area contributed by atoms with Gasteiger partial charge < -0.3 is 10.3 Å². The number of hydrogen-bond acceptors (Lipinski definition) is 4. The molecule has 2 aromatic rings. The summed E-state index contributed by atoms with van der Waals surface area (Å²) in [4.78, 5) is 7.82. The predicted molar refractivity (Wildman–Crippen MR) is 68.4 cm³/mol. The Morgan fingerprint density at radius 3 is 2.84 bits per heavy atom. The number of rotatable bonds is 4. The molecule has 0 fully saturated rings. The average Bonchev–Trinajstić information content (AvgIpc) is 2.75. The van der Waals surface area contributed by atoms with Crippen molar-refractivity contribution < 1.29 is 13.2 Å². The molecule has 0 amide bonds. The Hall–Kier alpha value is -1.70. The van der Waals surface area contributed by atoms with Gasteiger partial charge in [-0.3, -0.25) is 0 Å². The molecule has 2 N–H and O–H groups in total. The number of anilines is 1. The maximum Gasteiger partial charge on any atom is 0.441 e. The topological polar surface area (TPSA) is 56.7 Å². The summed E-state index contributed by atoms with van der Waals surface area (Å²) >= 11 is -0.0468. The van der Waals surface area contributed by atoms with Crippen LogP contribution in [-0.4, -0.2) is 25.8 Å². The second-order valence-electron chi connectivity index (χ2n) is 3.74. The highest BCUT2D eigenvalue weighted by Gasteiger charge is 2.27. The van der Waals surface area contributed by atoms with Crippen molar-refractivity contribution in [2.45, 2.75) is 12.1 Å². The molecule has 19 heavy (non-hydrogen) atoms. The van der Waals surface area contributed by atoms with Crippen molar-refractivity contribution in [2.75, 3.05) is 11.5 Å². The number of imidazole rings is 1. The van der Waals surface area contributed by atoms with E-state index in [2.05, 4.69) is 9.97 Å². The Kier molecular flexibility index (Phi) is 3.98. The van der Waals surface area contributed by atoms with Crippen molar-refractivity contribution in [1.82, 2.24) is 14.5 Å². The van der Waals surface area contributed by atoms with Crippen LogP contribution in [0.1, 0.15) is 0 Å². The number of thioether (sulfide) groups is 1. The Bertz CT molecular complexity index is 553. The number of nitrogen functional groups attached to an aromatic ring is 1. The highest BCUT2D eigenvalue weighted by Crippen LogP contribution is 2.30. The summed E-state index contributed by atoms with van der Waals surface area (Å²) in [6.07, 6.45) is 4.64. The number of aryl methyl sites for hydroxylation is 1. The molecule has 8 heteroatoms. The van der Waals surface area contributed by atoms with Gasteiger partial charge in [0, 0.05) is 24.1 Å². The maximum atomic E-state index is 12.1. The van der Waals surface area contributed by atoms with E-state index in [1.54, 1.807) is 29.1 Å². The smallest absolute Gasteiger partial charge is 0.384 e. The van der Waals surface area contributed by atoms with Crippen molar-refractivity contribution in [2.24, 2.45) is 0 Å². The molecule has 0 saturated heterocycles. The normalized spacial score (nSPS) is 11.7. The van der Waals surface area contributed by atoms with Crippen LogP contribution in [0.25, 0.3) is 11.3 Å².